The van der Waals surface area contributed by atoms with Crippen molar-refractivity contribution in [2.75, 3.05) is 20.8 Å². The van der Waals surface area contributed by atoms with Crippen LogP contribution in [0.4, 0.5) is 0 Å². The molecule has 0 amide bonds. The zero-order valence-corrected chi connectivity index (χ0v) is 13.4. The molecule has 3 heteroatoms. The molecule has 21 heavy (non-hydrogen) atoms. The van der Waals surface area contributed by atoms with Crippen LogP contribution in [-0.2, 0) is 0 Å². The molecule has 3 nitrogen and oxygen atoms in total. The molecule has 2 saturated carbocycles. The predicted octanol–water partition coefficient (Wildman–Crippen LogP) is 3.79. The zero-order chi connectivity index (χ0) is 14.8. The lowest BCUT2D eigenvalue weighted by molar-refractivity contribution is 0.368. The average molecular weight is 289 g/mol. The molecule has 0 aliphatic heterocycles. The molecule has 2 fully saturated rings. The van der Waals surface area contributed by atoms with Crippen LogP contribution in [0.1, 0.15) is 44.2 Å². The van der Waals surface area contributed by atoms with Gasteiger partial charge in [0.1, 0.15) is 11.5 Å². The van der Waals surface area contributed by atoms with Crippen molar-refractivity contribution in [3.63, 3.8) is 0 Å². The molecule has 0 radical (unpaired) electrons. The van der Waals surface area contributed by atoms with Crippen LogP contribution in [0.5, 0.6) is 11.5 Å². The lowest BCUT2D eigenvalue weighted by Crippen LogP contribution is -2.26. The van der Waals surface area contributed by atoms with Crippen molar-refractivity contribution in [1.82, 2.24) is 5.32 Å². The third-order valence-corrected chi connectivity index (χ3v) is 5.24. The molecule has 116 valence electrons. The Morgan fingerprint density at radius 3 is 2.57 bits per heavy atom. The summed E-state index contributed by atoms with van der Waals surface area (Å²) in [6.45, 7) is 3.28. The lowest BCUT2D eigenvalue weighted by atomic mass is 9.95. The maximum Gasteiger partial charge on any atom is 0.123 e. The monoisotopic (exact) mass is 289 g/mol. The topological polar surface area (TPSA) is 30.5 Å². The van der Waals surface area contributed by atoms with Crippen LogP contribution < -0.4 is 14.8 Å². The van der Waals surface area contributed by atoms with Gasteiger partial charge < -0.3 is 14.8 Å². The fraction of sp³-hybridized carbons (Fsp3) is 0.667. The first kappa shape index (κ1) is 14.7. The minimum atomic E-state index is 0.408. The highest BCUT2D eigenvalue weighted by Crippen LogP contribution is 2.62. The summed E-state index contributed by atoms with van der Waals surface area (Å²) in [5, 5.41) is 3.77. The minimum Gasteiger partial charge on any atom is -0.497 e. The number of methoxy groups -OCH3 is 2. The molecule has 1 N–H and O–H groups in total. The Bertz CT molecular complexity index is 478. The van der Waals surface area contributed by atoms with Gasteiger partial charge in [-0.05, 0) is 61.8 Å². The highest BCUT2D eigenvalue weighted by Gasteiger charge is 2.56. The molecule has 0 aromatic heterocycles. The third-order valence-electron chi connectivity index (χ3n) is 5.24. The number of nitrogens with one attached hydrogen (secondary N) is 1. The molecule has 3 atom stereocenters. The van der Waals surface area contributed by atoms with E-state index in [-0.39, 0.29) is 0 Å². The van der Waals surface area contributed by atoms with Gasteiger partial charge in [-0.25, -0.2) is 0 Å². The average Bonchev–Trinajstić information content (AvgIpc) is 2.98. The van der Waals surface area contributed by atoms with Crippen LogP contribution in [0.3, 0.4) is 0 Å². The molecule has 0 heterocycles. The number of hydrogen-bond donors (Lipinski definition) is 1. The minimum absolute atomic E-state index is 0.408. The second-order valence-electron chi connectivity index (χ2n) is 6.38. The standard InChI is InChI=1S/C18H27NO2/c1-4-10-19-18(17-13-6-5-7-14(13)17)15-11-12(20-2)8-9-16(15)21-3/h8-9,11,13-14,17-19H,4-7,10H2,1-3H3. The van der Waals surface area contributed by atoms with Gasteiger partial charge in [0.15, 0.2) is 0 Å². The fourth-order valence-electron chi connectivity index (χ4n) is 4.21. The van der Waals surface area contributed by atoms with E-state index < -0.39 is 0 Å². The van der Waals surface area contributed by atoms with Crippen molar-refractivity contribution < 1.29 is 9.47 Å². The highest BCUT2D eigenvalue weighted by molar-refractivity contribution is 5.43. The van der Waals surface area contributed by atoms with E-state index in [1.807, 2.05) is 12.1 Å². The summed E-state index contributed by atoms with van der Waals surface area (Å²) in [5.41, 5.74) is 1.27. The smallest absolute Gasteiger partial charge is 0.123 e. The van der Waals surface area contributed by atoms with Gasteiger partial charge in [0.2, 0.25) is 0 Å². The normalized spacial score (nSPS) is 28.0. The van der Waals surface area contributed by atoms with Crippen LogP contribution in [-0.4, -0.2) is 20.8 Å². The Hall–Kier alpha value is -1.22. The SMILES string of the molecule is CCCNC(c1cc(OC)ccc1OC)C1C2CCCC21. The second-order valence-corrected chi connectivity index (χ2v) is 6.38. The van der Waals surface area contributed by atoms with Gasteiger partial charge in [-0.1, -0.05) is 13.3 Å². The Morgan fingerprint density at radius 1 is 1.19 bits per heavy atom. The summed E-state index contributed by atoms with van der Waals surface area (Å²) < 4.78 is 11.0. The Kier molecular flexibility index (Phi) is 4.39. The van der Waals surface area contributed by atoms with E-state index in [1.165, 1.54) is 24.8 Å². The van der Waals surface area contributed by atoms with Gasteiger partial charge in [-0.2, -0.15) is 0 Å². The van der Waals surface area contributed by atoms with Crippen molar-refractivity contribution in [1.29, 1.82) is 0 Å². The number of benzene rings is 1. The van der Waals surface area contributed by atoms with Gasteiger partial charge in [-0.3, -0.25) is 0 Å². The van der Waals surface area contributed by atoms with Gasteiger partial charge in [0.05, 0.1) is 14.2 Å². The van der Waals surface area contributed by atoms with Crippen molar-refractivity contribution in [2.24, 2.45) is 17.8 Å². The third kappa shape index (κ3) is 2.76. The molecule has 0 spiro atoms. The maximum atomic E-state index is 5.61. The predicted molar refractivity (Wildman–Crippen MR) is 84.9 cm³/mol. The van der Waals surface area contributed by atoms with Crippen molar-refractivity contribution in [3.05, 3.63) is 23.8 Å². The van der Waals surface area contributed by atoms with Crippen LogP contribution in [0, 0.1) is 17.8 Å². The van der Waals surface area contributed by atoms with Crippen molar-refractivity contribution >= 4 is 0 Å². The van der Waals surface area contributed by atoms with E-state index in [9.17, 15) is 0 Å². The lowest BCUT2D eigenvalue weighted by Gasteiger charge is -2.23. The van der Waals surface area contributed by atoms with Crippen LogP contribution >= 0.6 is 0 Å². The van der Waals surface area contributed by atoms with E-state index in [0.29, 0.717) is 6.04 Å². The van der Waals surface area contributed by atoms with Crippen LogP contribution in [0.25, 0.3) is 0 Å². The number of ether oxygens (including phenoxy) is 2. The molecule has 3 rings (SSSR count). The molecule has 3 unspecified atom stereocenters. The highest BCUT2D eigenvalue weighted by atomic mass is 16.5. The Balaban J connectivity index is 1.88. The largest absolute Gasteiger partial charge is 0.497 e. The van der Waals surface area contributed by atoms with Crippen LogP contribution in [0.2, 0.25) is 0 Å². The summed E-state index contributed by atoms with van der Waals surface area (Å²) in [4.78, 5) is 0. The molecular weight excluding hydrogens is 262 g/mol. The molecular formula is C18H27NO2. The molecule has 0 saturated heterocycles. The van der Waals surface area contributed by atoms with Crippen molar-refractivity contribution in [3.8, 4) is 11.5 Å². The first-order chi connectivity index (χ1) is 10.3. The number of fused-ring (bicyclic) bond motifs is 1. The van der Waals surface area contributed by atoms with E-state index in [0.717, 1.165) is 42.2 Å². The van der Waals surface area contributed by atoms with Gasteiger partial charge >= 0.3 is 0 Å². The molecule has 1 aromatic carbocycles. The van der Waals surface area contributed by atoms with Gasteiger partial charge in [0, 0.05) is 11.6 Å². The zero-order valence-electron chi connectivity index (χ0n) is 13.4. The Morgan fingerprint density at radius 2 is 1.95 bits per heavy atom. The van der Waals surface area contributed by atoms with E-state index in [4.69, 9.17) is 9.47 Å². The van der Waals surface area contributed by atoms with Gasteiger partial charge in [0.25, 0.3) is 0 Å². The molecule has 0 bridgehead atoms. The van der Waals surface area contributed by atoms with Gasteiger partial charge in [-0.15, -0.1) is 0 Å². The molecule has 2 aliphatic carbocycles. The first-order valence-electron chi connectivity index (χ1n) is 8.25. The number of hydrogen-bond acceptors (Lipinski definition) is 3. The second kappa shape index (κ2) is 6.27. The quantitative estimate of drug-likeness (QED) is 0.828. The number of rotatable bonds is 7. The summed E-state index contributed by atoms with van der Waals surface area (Å²) >= 11 is 0. The summed E-state index contributed by atoms with van der Waals surface area (Å²) in [6.07, 6.45) is 5.39. The van der Waals surface area contributed by atoms with E-state index in [1.54, 1.807) is 14.2 Å². The summed E-state index contributed by atoms with van der Waals surface area (Å²) in [6, 6.07) is 6.57. The molecule has 2 aliphatic rings. The Labute approximate surface area is 128 Å². The fourth-order valence-corrected chi connectivity index (χ4v) is 4.21. The first-order valence-corrected chi connectivity index (χ1v) is 8.25. The van der Waals surface area contributed by atoms with Crippen LogP contribution in [0.15, 0.2) is 18.2 Å². The summed E-state index contributed by atoms with van der Waals surface area (Å²) in [5.74, 6) is 4.53. The molecule has 1 aromatic rings. The maximum absolute atomic E-state index is 5.61. The van der Waals surface area contributed by atoms with E-state index >= 15 is 0 Å². The van der Waals surface area contributed by atoms with E-state index in [2.05, 4.69) is 18.3 Å². The van der Waals surface area contributed by atoms with Crippen molar-refractivity contribution in [2.45, 2.75) is 38.6 Å². The summed E-state index contributed by atoms with van der Waals surface area (Å²) in [7, 11) is 3.49.